The van der Waals surface area contributed by atoms with Crippen LogP contribution in [-0.2, 0) is 16.4 Å². The monoisotopic (exact) mass is 391 g/mol. The molecule has 0 bridgehead atoms. The second-order valence-electron chi connectivity index (χ2n) is 6.69. The Hall–Kier alpha value is -1.89. The zero-order valence-electron chi connectivity index (χ0n) is 16.2. The first-order valence-electron chi connectivity index (χ1n) is 9.26. The molecule has 0 aliphatic heterocycles. The Morgan fingerprint density at radius 3 is 2.26 bits per heavy atom. The normalized spacial score (nSPS) is 14.1. The van der Waals surface area contributed by atoms with Gasteiger partial charge < -0.3 is 9.84 Å². The summed E-state index contributed by atoms with van der Waals surface area (Å²) in [5.74, 6) is 0.604. The van der Waals surface area contributed by atoms with Gasteiger partial charge in [-0.1, -0.05) is 37.3 Å². The molecule has 2 atom stereocenters. The maximum atomic E-state index is 13.1. The molecule has 2 aromatic rings. The van der Waals surface area contributed by atoms with E-state index in [1.807, 2.05) is 44.2 Å². The summed E-state index contributed by atoms with van der Waals surface area (Å²) in [4.78, 5) is 0.207. The molecular weight excluding hydrogens is 362 g/mol. The van der Waals surface area contributed by atoms with Gasteiger partial charge in [0.1, 0.15) is 5.75 Å². The summed E-state index contributed by atoms with van der Waals surface area (Å²) in [5.41, 5.74) is 1.13. The molecule has 1 N–H and O–H groups in total. The molecule has 0 fully saturated rings. The van der Waals surface area contributed by atoms with Crippen LogP contribution in [0.15, 0.2) is 59.5 Å². The Morgan fingerprint density at radius 1 is 1.07 bits per heavy atom. The van der Waals surface area contributed by atoms with Crippen molar-refractivity contribution in [2.75, 3.05) is 13.7 Å². The number of aliphatic hydroxyl groups is 1. The van der Waals surface area contributed by atoms with Gasteiger partial charge in [0.2, 0.25) is 10.0 Å². The number of hydrogen-bond donors (Lipinski definition) is 1. The van der Waals surface area contributed by atoms with E-state index in [-0.39, 0.29) is 17.5 Å². The third-order valence-corrected chi connectivity index (χ3v) is 6.74. The second kappa shape index (κ2) is 9.88. The molecule has 0 saturated carbocycles. The Morgan fingerprint density at radius 2 is 1.70 bits per heavy atom. The molecule has 0 radical (unpaired) electrons. The van der Waals surface area contributed by atoms with Crippen molar-refractivity contribution in [3.63, 3.8) is 0 Å². The van der Waals surface area contributed by atoms with Gasteiger partial charge in [-0.25, -0.2) is 8.42 Å². The van der Waals surface area contributed by atoms with Crippen LogP contribution < -0.4 is 4.74 Å². The van der Waals surface area contributed by atoms with E-state index in [1.165, 1.54) is 11.4 Å². The SMILES string of the molecule is CC[C@H](C)N(C[C@H](O)CCc1ccccc1)S(=O)(=O)c1ccc(OC)cc1. The first kappa shape index (κ1) is 21.4. The number of aliphatic hydroxyl groups excluding tert-OH is 1. The van der Waals surface area contributed by atoms with Crippen molar-refractivity contribution in [1.29, 1.82) is 0 Å². The van der Waals surface area contributed by atoms with E-state index in [2.05, 4.69) is 0 Å². The summed E-state index contributed by atoms with van der Waals surface area (Å²) in [6, 6.07) is 16.0. The van der Waals surface area contributed by atoms with Crippen LogP contribution in [0.3, 0.4) is 0 Å². The van der Waals surface area contributed by atoms with E-state index < -0.39 is 16.1 Å². The van der Waals surface area contributed by atoms with Crippen LogP contribution in [0, 0.1) is 0 Å². The number of aryl methyl sites for hydroxylation is 1. The number of nitrogens with zero attached hydrogens (tertiary/aromatic N) is 1. The predicted octanol–water partition coefficient (Wildman–Crippen LogP) is 3.48. The minimum absolute atomic E-state index is 0.0796. The van der Waals surface area contributed by atoms with Gasteiger partial charge in [-0.2, -0.15) is 4.31 Å². The zero-order valence-corrected chi connectivity index (χ0v) is 17.0. The van der Waals surface area contributed by atoms with Crippen molar-refractivity contribution in [2.45, 2.75) is 50.2 Å². The topological polar surface area (TPSA) is 66.8 Å². The molecule has 0 aromatic heterocycles. The largest absolute Gasteiger partial charge is 0.497 e. The van der Waals surface area contributed by atoms with Crippen molar-refractivity contribution >= 4 is 10.0 Å². The fourth-order valence-corrected chi connectivity index (χ4v) is 4.62. The maximum Gasteiger partial charge on any atom is 0.243 e. The smallest absolute Gasteiger partial charge is 0.243 e. The summed E-state index contributed by atoms with van der Waals surface area (Å²) in [6.45, 7) is 3.89. The average Bonchev–Trinajstić information content (AvgIpc) is 2.70. The van der Waals surface area contributed by atoms with Crippen LogP contribution in [-0.4, -0.2) is 43.6 Å². The molecule has 0 unspecified atom stereocenters. The highest BCUT2D eigenvalue weighted by Crippen LogP contribution is 2.23. The van der Waals surface area contributed by atoms with Gasteiger partial charge in [-0.05, 0) is 56.0 Å². The highest BCUT2D eigenvalue weighted by Gasteiger charge is 2.30. The highest BCUT2D eigenvalue weighted by molar-refractivity contribution is 7.89. The molecule has 6 heteroatoms. The van der Waals surface area contributed by atoms with Gasteiger partial charge in [-0.15, -0.1) is 0 Å². The molecule has 0 aliphatic rings. The quantitative estimate of drug-likeness (QED) is 0.673. The van der Waals surface area contributed by atoms with E-state index in [0.29, 0.717) is 25.0 Å². The number of methoxy groups -OCH3 is 1. The van der Waals surface area contributed by atoms with Crippen LogP contribution in [0.2, 0.25) is 0 Å². The number of benzene rings is 2. The molecule has 148 valence electrons. The van der Waals surface area contributed by atoms with Crippen LogP contribution in [0.25, 0.3) is 0 Å². The average molecular weight is 392 g/mol. The van der Waals surface area contributed by atoms with Gasteiger partial charge in [0.25, 0.3) is 0 Å². The van der Waals surface area contributed by atoms with Crippen molar-refractivity contribution in [3.8, 4) is 5.75 Å². The molecule has 5 nitrogen and oxygen atoms in total. The van der Waals surface area contributed by atoms with Crippen molar-refractivity contribution < 1.29 is 18.3 Å². The first-order chi connectivity index (χ1) is 12.9. The molecule has 2 rings (SSSR count). The summed E-state index contributed by atoms with van der Waals surface area (Å²) in [7, 11) is -2.16. The van der Waals surface area contributed by atoms with Gasteiger partial charge in [0.05, 0.1) is 18.1 Å². The summed E-state index contributed by atoms with van der Waals surface area (Å²) < 4.78 is 32.7. The van der Waals surface area contributed by atoms with Crippen LogP contribution in [0.4, 0.5) is 0 Å². The standard InChI is InChI=1S/C21H29NO4S/c1-4-17(2)22(16-19(23)11-10-18-8-6-5-7-9-18)27(24,25)21-14-12-20(26-3)13-15-21/h5-9,12-15,17,19,23H,4,10-11,16H2,1-3H3/t17-,19+/m0/s1. The van der Waals surface area contributed by atoms with Gasteiger partial charge in [-0.3, -0.25) is 0 Å². The van der Waals surface area contributed by atoms with Gasteiger partial charge >= 0.3 is 0 Å². The minimum Gasteiger partial charge on any atom is -0.497 e. The summed E-state index contributed by atoms with van der Waals surface area (Å²) >= 11 is 0. The highest BCUT2D eigenvalue weighted by atomic mass is 32.2. The van der Waals surface area contributed by atoms with Gasteiger partial charge in [0.15, 0.2) is 0 Å². The van der Waals surface area contributed by atoms with E-state index in [1.54, 1.807) is 24.3 Å². The van der Waals surface area contributed by atoms with E-state index in [9.17, 15) is 13.5 Å². The fraction of sp³-hybridized carbons (Fsp3) is 0.429. The summed E-state index contributed by atoms with van der Waals surface area (Å²) in [5, 5.41) is 10.5. The lowest BCUT2D eigenvalue weighted by Gasteiger charge is -2.29. The summed E-state index contributed by atoms with van der Waals surface area (Å²) in [6.07, 6.45) is 1.15. The van der Waals surface area contributed by atoms with Crippen LogP contribution in [0.5, 0.6) is 5.75 Å². The molecule has 0 aliphatic carbocycles. The Labute approximate surface area is 162 Å². The molecular formula is C21H29NO4S. The third kappa shape index (κ3) is 5.79. The Bertz CT molecular complexity index is 791. The predicted molar refractivity (Wildman–Crippen MR) is 107 cm³/mol. The van der Waals surface area contributed by atoms with Crippen molar-refractivity contribution in [2.24, 2.45) is 0 Å². The fourth-order valence-electron chi connectivity index (χ4n) is 2.88. The lowest BCUT2D eigenvalue weighted by Crippen LogP contribution is -2.43. The molecule has 0 saturated heterocycles. The van der Waals surface area contributed by atoms with E-state index in [4.69, 9.17) is 4.74 Å². The van der Waals surface area contributed by atoms with E-state index in [0.717, 1.165) is 5.56 Å². The van der Waals surface area contributed by atoms with Crippen LogP contribution >= 0.6 is 0 Å². The zero-order chi connectivity index (χ0) is 19.9. The number of rotatable bonds is 10. The number of ether oxygens (including phenoxy) is 1. The second-order valence-corrected chi connectivity index (χ2v) is 8.58. The van der Waals surface area contributed by atoms with Crippen molar-refractivity contribution in [1.82, 2.24) is 4.31 Å². The van der Waals surface area contributed by atoms with E-state index >= 15 is 0 Å². The molecule has 2 aromatic carbocycles. The minimum atomic E-state index is -3.70. The van der Waals surface area contributed by atoms with Crippen LogP contribution in [0.1, 0.15) is 32.3 Å². The molecule has 0 heterocycles. The Balaban J connectivity index is 2.13. The number of hydrogen-bond acceptors (Lipinski definition) is 4. The van der Waals surface area contributed by atoms with Crippen molar-refractivity contribution in [3.05, 3.63) is 60.2 Å². The lowest BCUT2D eigenvalue weighted by atomic mass is 10.1. The maximum absolute atomic E-state index is 13.1. The molecule has 0 spiro atoms. The van der Waals surface area contributed by atoms with Gasteiger partial charge in [0, 0.05) is 12.6 Å². The molecule has 27 heavy (non-hydrogen) atoms. The molecule has 0 amide bonds. The first-order valence-corrected chi connectivity index (χ1v) is 10.7. The lowest BCUT2D eigenvalue weighted by molar-refractivity contribution is 0.125. The Kier molecular flexibility index (Phi) is 7.83. The third-order valence-electron chi connectivity index (χ3n) is 4.75. The number of sulfonamides is 1.